The molecule has 0 bridgehead atoms. The van der Waals surface area contributed by atoms with Gasteiger partial charge in [0, 0.05) is 31.7 Å². The van der Waals surface area contributed by atoms with Crippen LogP contribution in [0.4, 0.5) is 0 Å². The molecule has 1 aliphatic rings. The van der Waals surface area contributed by atoms with Crippen molar-refractivity contribution in [2.45, 2.75) is 39.7 Å². The molecule has 6 heteroatoms. The summed E-state index contributed by atoms with van der Waals surface area (Å²) in [4.78, 5) is 30.4. The molecule has 0 saturated carbocycles. The Kier molecular flexibility index (Phi) is 6.30. The molecule has 6 nitrogen and oxygen atoms in total. The Morgan fingerprint density at radius 2 is 2.33 bits per heavy atom. The van der Waals surface area contributed by atoms with Crippen LogP contribution in [0.5, 0.6) is 0 Å². The lowest BCUT2D eigenvalue weighted by Crippen LogP contribution is -2.46. The van der Waals surface area contributed by atoms with E-state index in [-0.39, 0.29) is 23.7 Å². The normalized spacial score (nSPS) is 18.5. The smallest absolute Gasteiger partial charge is 0.225 e. The van der Waals surface area contributed by atoms with E-state index in [1.807, 2.05) is 24.8 Å². The largest absolute Gasteiger partial charge is 0.352 e. The molecule has 1 N–H and O–H groups in total. The van der Waals surface area contributed by atoms with Crippen molar-refractivity contribution in [2.24, 2.45) is 11.8 Å². The van der Waals surface area contributed by atoms with E-state index in [0.717, 1.165) is 31.4 Å². The number of likely N-dealkylation sites (tertiary alicyclic amines) is 1. The maximum Gasteiger partial charge on any atom is 0.225 e. The van der Waals surface area contributed by atoms with Crippen molar-refractivity contribution in [3.8, 4) is 6.07 Å². The van der Waals surface area contributed by atoms with E-state index in [0.29, 0.717) is 18.8 Å². The van der Waals surface area contributed by atoms with Crippen LogP contribution in [0.3, 0.4) is 0 Å². The van der Waals surface area contributed by atoms with Crippen LogP contribution in [0.25, 0.3) is 0 Å². The number of aromatic nitrogens is 1. The molecule has 1 aromatic rings. The van der Waals surface area contributed by atoms with Crippen molar-refractivity contribution in [2.75, 3.05) is 13.1 Å². The van der Waals surface area contributed by atoms with Crippen LogP contribution in [0.15, 0.2) is 18.3 Å². The molecule has 2 heterocycles. The van der Waals surface area contributed by atoms with E-state index in [9.17, 15) is 9.59 Å². The van der Waals surface area contributed by atoms with E-state index in [1.54, 1.807) is 18.3 Å². The number of nitriles is 1. The average molecular weight is 328 g/mol. The van der Waals surface area contributed by atoms with Gasteiger partial charge in [0.1, 0.15) is 11.8 Å². The number of nitrogens with zero attached hydrogens (tertiary/aromatic N) is 3. The van der Waals surface area contributed by atoms with Crippen molar-refractivity contribution in [1.82, 2.24) is 15.2 Å². The zero-order valence-corrected chi connectivity index (χ0v) is 14.3. The van der Waals surface area contributed by atoms with Crippen molar-refractivity contribution in [1.29, 1.82) is 5.26 Å². The molecule has 2 amide bonds. The maximum atomic E-state index is 12.4. The van der Waals surface area contributed by atoms with Gasteiger partial charge in [-0.25, -0.2) is 4.98 Å². The summed E-state index contributed by atoms with van der Waals surface area (Å²) in [5, 5.41) is 11.8. The maximum absolute atomic E-state index is 12.4. The van der Waals surface area contributed by atoms with Crippen LogP contribution in [-0.4, -0.2) is 34.8 Å². The first-order valence-electron chi connectivity index (χ1n) is 8.46. The molecule has 2 rings (SSSR count). The molecule has 1 saturated heterocycles. The number of hydrogen-bond acceptors (Lipinski definition) is 4. The Hall–Kier alpha value is -2.42. The fourth-order valence-electron chi connectivity index (χ4n) is 2.86. The summed E-state index contributed by atoms with van der Waals surface area (Å²) in [5.74, 6) is -0.0492. The fraction of sp³-hybridized carbons (Fsp3) is 0.556. The molecule has 0 aliphatic carbocycles. The molecule has 2 atom stereocenters. The van der Waals surface area contributed by atoms with Crippen molar-refractivity contribution >= 4 is 11.8 Å². The van der Waals surface area contributed by atoms with E-state index >= 15 is 0 Å². The molecule has 0 aromatic carbocycles. The highest BCUT2D eigenvalue weighted by Crippen LogP contribution is 2.19. The summed E-state index contributed by atoms with van der Waals surface area (Å²) in [7, 11) is 0. The first kappa shape index (κ1) is 17.9. The van der Waals surface area contributed by atoms with Crippen molar-refractivity contribution < 1.29 is 9.59 Å². The van der Waals surface area contributed by atoms with Crippen LogP contribution in [-0.2, 0) is 16.1 Å². The molecular weight excluding hydrogens is 304 g/mol. The minimum Gasteiger partial charge on any atom is -0.352 e. The molecule has 1 aliphatic heterocycles. The molecule has 24 heavy (non-hydrogen) atoms. The molecule has 0 spiro atoms. The van der Waals surface area contributed by atoms with Crippen LogP contribution < -0.4 is 5.32 Å². The summed E-state index contributed by atoms with van der Waals surface area (Å²) in [6.07, 6.45) is 4.03. The summed E-state index contributed by atoms with van der Waals surface area (Å²) >= 11 is 0. The van der Waals surface area contributed by atoms with Gasteiger partial charge < -0.3 is 10.2 Å². The predicted octanol–water partition coefficient (Wildman–Crippen LogP) is 1.85. The Bertz CT molecular complexity index is 638. The van der Waals surface area contributed by atoms with Crippen LogP contribution in [0.2, 0.25) is 0 Å². The zero-order chi connectivity index (χ0) is 17.5. The topological polar surface area (TPSA) is 86.1 Å². The SMILES string of the molecule is CCC(C)C(=O)N1CCCC(C(=O)NCc2ccnc(C#N)c2)C1. The number of amides is 2. The zero-order valence-electron chi connectivity index (χ0n) is 14.3. The second kappa shape index (κ2) is 8.44. The predicted molar refractivity (Wildman–Crippen MR) is 89.6 cm³/mol. The number of rotatable bonds is 5. The highest BCUT2D eigenvalue weighted by Gasteiger charge is 2.29. The molecule has 1 aromatic heterocycles. The summed E-state index contributed by atoms with van der Waals surface area (Å²) in [5.41, 5.74) is 1.18. The van der Waals surface area contributed by atoms with Gasteiger partial charge in [0.25, 0.3) is 0 Å². The Balaban J connectivity index is 1.90. The van der Waals surface area contributed by atoms with E-state index < -0.39 is 0 Å². The third-order valence-electron chi connectivity index (χ3n) is 4.54. The van der Waals surface area contributed by atoms with Gasteiger partial charge >= 0.3 is 0 Å². The minimum atomic E-state index is -0.163. The lowest BCUT2D eigenvalue weighted by molar-refractivity contribution is -0.139. The molecule has 128 valence electrons. The second-order valence-electron chi connectivity index (χ2n) is 6.31. The highest BCUT2D eigenvalue weighted by molar-refractivity contribution is 5.82. The molecule has 0 radical (unpaired) electrons. The Morgan fingerprint density at radius 1 is 1.54 bits per heavy atom. The van der Waals surface area contributed by atoms with Gasteiger partial charge in [0.05, 0.1) is 5.92 Å². The fourth-order valence-corrected chi connectivity index (χ4v) is 2.86. The quantitative estimate of drug-likeness (QED) is 0.894. The first-order valence-corrected chi connectivity index (χ1v) is 8.46. The number of nitrogens with one attached hydrogen (secondary N) is 1. The Labute approximate surface area is 142 Å². The van der Waals surface area contributed by atoms with Crippen LogP contribution in [0.1, 0.15) is 44.4 Å². The molecule has 2 unspecified atom stereocenters. The average Bonchev–Trinajstić information content (AvgIpc) is 2.65. The lowest BCUT2D eigenvalue weighted by atomic mass is 9.95. The monoisotopic (exact) mass is 328 g/mol. The van der Waals surface area contributed by atoms with Gasteiger partial charge in [-0.1, -0.05) is 13.8 Å². The number of pyridine rings is 1. The van der Waals surface area contributed by atoms with E-state index in [4.69, 9.17) is 5.26 Å². The second-order valence-corrected chi connectivity index (χ2v) is 6.31. The van der Waals surface area contributed by atoms with E-state index in [2.05, 4.69) is 10.3 Å². The third kappa shape index (κ3) is 4.54. The van der Waals surface area contributed by atoms with Crippen molar-refractivity contribution in [3.63, 3.8) is 0 Å². The number of carbonyl (C=O) groups excluding carboxylic acids is 2. The van der Waals surface area contributed by atoms with Gasteiger partial charge in [0.2, 0.25) is 11.8 Å². The highest BCUT2D eigenvalue weighted by atomic mass is 16.2. The summed E-state index contributed by atoms with van der Waals surface area (Å²) < 4.78 is 0. The van der Waals surface area contributed by atoms with E-state index in [1.165, 1.54) is 0 Å². The van der Waals surface area contributed by atoms with Gasteiger partial charge in [-0.2, -0.15) is 5.26 Å². The summed E-state index contributed by atoms with van der Waals surface area (Å²) in [6, 6.07) is 5.43. The number of carbonyl (C=O) groups is 2. The van der Waals surface area contributed by atoms with Gasteiger partial charge in [-0.3, -0.25) is 9.59 Å². The van der Waals surface area contributed by atoms with Crippen molar-refractivity contribution in [3.05, 3.63) is 29.6 Å². The lowest BCUT2D eigenvalue weighted by Gasteiger charge is -2.33. The van der Waals surface area contributed by atoms with Gasteiger partial charge in [-0.15, -0.1) is 0 Å². The minimum absolute atomic E-state index is 0.00744. The van der Waals surface area contributed by atoms with Crippen LogP contribution >= 0.6 is 0 Å². The van der Waals surface area contributed by atoms with Crippen LogP contribution in [0, 0.1) is 23.2 Å². The first-order chi connectivity index (χ1) is 11.5. The van der Waals surface area contributed by atoms with Gasteiger partial charge in [-0.05, 0) is 37.0 Å². The Morgan fingerprint density at radius 3 is 3.04 bits per heavy atom. The standard InChI is InChI=1S/C18H24N4O2/c1-3-13(2)18(24)22-8-4-5-15(12-22)17(23)21-11-14-6-7-20-16(9-14)10-19/h6-7,9,13,15H,3-5,8,11-12H2,1-2H3,(H,21,23). The molecule has 1 fully saturated rings. The number of hydrogen-bond donors (Lipinski definition) is 1. The molecular formula is C18H24N4O2. The summed E-state index contributed by atoms with van der Waals surface area (Å²) in [6.45, 7) is 5.53. The third-order valence-corrected chi connectivity index (χ3v) is 4.54. The number of piperidine rings is 1. The van der Waals surface area contributed by atoms with Gasteiger partial charge in [0.15, 0.2) is 0 Å².